The fourth-order valence-corrected chi connectivity index (χ4v) is 5.20. The topological polar surface area (TPSA) is 99.7 Å². The lowest BCUT2D eigenvalue weighted by molar-refractivity contribution is -0.127. The molecule has 1 aliphatic heterocycles. The van der Waals surface area contributed by atoms with Gasteiger partial charge in [-0.1, -0.05) is 18.1 Å². The third-order valence-electron chi connectivity index (χ3n) is 7.73. The van der Waals surface area contributed by atoms with Crippen molar-refractivity contribution in [1.29, 1.82) is 0 Å². The Bertz CT molecular complexity index is 1310. The average molecular weight is 560 g/mol. The zero-order valence-corrected chi connectivity index (χ0v) is 23.3. The van der Waals surface area contributed by atoms with Crippen LogP contribution < -0.4 is 20.7 Å². The van der Waals surface area contributed by atoms with Gasteiger partial charge in [0.2, 0.25) is 5.91 Å². The molecule has 4 N–H and O–H groups in total. The number of nitrogens with one attached hydrogen (secondary N) is 3. The summed E-state index contributed by atoms with van der Waals surface area (Å²) in [6, 6.07) is 10.9. The van der Waals surface area contributed by atoms with Gasteiger partial charge in [-0.25, -0.2) is 4.39 Å². The zero-order valence-electron chi connectivity index (χ0n) is 23.3. The second-order valence-electron chi connectivity index (χ2n) is 10.9. The molecule has 0 radical (unpaired) electrons. The Hall–Kier alpha value is -3.69. The summed E-state index contributed by atoms with van der Waals surface area (Å²) < 4.78 is 20.3. The molecule has 0 spiro atoms. The van der Waals surface area contributed by atoms with E-state index in [1.54, 1.807) is 6.07 Å². The first kappa shape index (κ1) is 30.3. The van der Waals surface area contributed by atoms with Gasteiger partial charge in [0.25, 0.3) is 0 Å². The quantitative estimate of drug-likeness (QED) is 0.407. The molecule has 216 valence electrons. The molecule has 1 heterocycles. The minimum Gasteiger partial charge on any atom is -0.493 e. The maximum atomic E-state index is 14.5. The summed E-state index contributed by atoms with van der Waals surface area (Å²) in [5.74, 6) is 4.59. The molecule has 8 heteroatoms. The number of hydrogen-bond acceptors (Lipinski definition) is 6. The number of aliphatic hydroxyl groups excluding tert-OH is 1. The Morgan fingerprint density at radius 2 is 1.98 bits per heavy atom. The number of halogens is 1. The van der Waals surface area contributed by atoms with Crippen LogP contribution in [0.5, 0.6) is 5.75 Å². The van der Waals surface area contributed by atoms with Crippen molar-refractivity contribution in [2.24, 2.45) is 0 Å². The molecule has 0 aromatic heterocycles. The highest BCUT2D eigenvalue weighted by molar-refractivity contribution is 5.90. The third-order valence-corrected chi connectivity index (χ3v) is 7.73. The van der Waals surface area contributed by atoms with Crippen LogP contribution in [0, 0.1) is 30.5 Å². The molecule has 1 amide bonds. The summed E-state index contributed by atoms with van der Waals surface area (Å²) in [5, 5.41) is 20.8. The van der Waals surface area contributed by atoms with Crippen molar-refractivity contribution < 1.29 is 23.8 Å². The molecule has 2 unspecified atom stereocenters. The predicted octanol–water partition coefficient (Wildman–Crippen LogP) is 2.98. The smallest absolute Gasteiger partial charge is 0.220 e. The van der Waals surface area contributed by atoms with E-state index in [2.05, 4.69) is 27.8 Å². The second-order valence-corrected chi connectivity index (χ2v) is 10.9. The van der Waals surface area contributed by atoms with Crippen molar-refractivity contribution >= 4 is 11.7 Å². The normalized spacial score (nSPS) is 22.2. The van der Waals surface area contributed by atoms with Crippen molar-refractivity contribution in [2.45, 2.75) is 75.1 Å². The van der Waals surface area contributed by atoms with Crippen LogP contribution in [0.1, 0.15) is 61.6 Å². The first-order chi connectivity index (χ1) is 19.8. The summed E-state index contributed by atoms with van der Waals surface area (Å²) >= 11 is 0. The van der Waals surface area contributed by atoms with E-state index in [4.69, 9.17) is 17.6 Å². The number of hydrogen-bond donors (Lipinski definition) is 4. The first-order valence-electron chi connectivity index (χ1n) is 14.2. The molecule has 7 nitrogen and oxygen atoms in total. The monoisotopic (exact) mass is 559 g/mol. The Labute approximate surface area is 241 Å². The van der Waals surface area contributed by atoms with Crippen LogP contribution in [0.4, 0.5) is 4.39 Å². The SMILES string of the molecule is C#CCC1NC(=O)CCCCCOc2cc(F)cc(c2)CC([C@H](O)CNC2(c3cccc(C#C)c3)CC2)NCC1=O. The van der Waals surface area contributed by atoms with Gasteiger partial charge in [0.05, 0.1) is 25.3 Å². The standard InChI is InChI=1S/C33H38FN3O4/c1-3-9-28-30(38)21-35-29(31(39)22-36-33(13-14-33)25-11-8-10-23(4-2)16-25)19-24-17-26(34)20-27(18-24)41-15-7-5-6-12-32(40)37-28/h1-2,8,10-11,16-18,20,28-29,31,35-36,39H,5-7,9,12-15,19,21-22H2,(H,37,40)/t28?,29?,31-/m1/s1. The van der Waals surface area contributed by atoms with Gasteiger partial charge in [-0.15, -0.1) is 18.8 Å². The lowest BCUT2D eigenvalue weighted by Gasteiger charge is -2.28. The van der Waals surface area contributed by atoms with Crippen LogP contribution in [-0.2, 0) is 21.5 Å². The Morgan fingerprint density at radius 3 is 2.73 bits per heavy atom. The molecular weight excluding hydrogens is 521 g/mol. The molecule has 0 saturated heterocycles. The van der Waals surface area contributed by atoms with E-state index in [0.29, 0.717) is 30.8 Å². The van der Waals surface area contributed by atoms with Crippen molar-refractivity contribution in [3.8, 4) is 30.4 Å². The van der Waals surface area contributed by atoms with Crippen LogP contribution in [0.3, 0.4) is 0 Å². The molecular formula is C33H38FN3O4. The second kappa shape index (κ2) is 14.3. The van der Waals surface area contributed by atoms with E-state index in [1.807, 2.05) is 24.3 Å². The number of ether oxygens (including phenoxy) is 1. The minimum atomic E-state index is -0.925. The van der Waals surface area contributed by atoms with Crippen LogP contribution in [-0.4, -0.2) is 54.7 Å². The number of aliphatic hydroxyl groups is 1. The fourth-order valence-electron chi connectivity index (χ4n) is 5.20. The van der Waals surface area contributed by atoms with Crippen LogP contribution >= 0.6 is 0 Å². The Morgan fingerprint density at radius 1 is 1.15 bits per heavy atom. The maximum Gasteiger partial charge on any atom is 0.220 e. The van der Waals surface area contributed by atoms with Crippen molar-refractivity contribution in [3.63, 3.8) is 0 Å². The fraction of sp³-hybridized carbons (Fsp3) is 0.455. The molecule has 2 aliphatic rings. The van der Waals surface area contributed by atoms with Crippen molar-refractivity contribution in [3.05, 3.63) is 65.0 Å². The molecule has 2 aromatic rings. The molecule has 4 rings (SSSR count). The van der Waals surface area contributed by atoms with E-state index >= 15 is 0 Å². The number of fused-ring (bicyclic) bond motifs is 2. The van der Waals surface area contributed by atoms with E-state index in [0.717, 1.165) is 30.4 Å². The number of carbonyl (C=O) groups excluding carboxylic acids is 2. The Kier molecular flexibility index (Phi) is 10.5. The van der Waals surface area contributed by atoms with E-state index < -0.39 is 24.0 Å². The van der Waals surface area contributed by atoms with Gasteiger partial charge in [-0.2, -0.15) is 0 Å². The lowest BCUT2D eigenvalue weighted by Crippen LogP contribution is -2.52. The molecule has 41 heavy (non-hydrogen) atoms. The van der Waals surface area contributed by atoms with Gasteiger partial charge in [0, 0.05) is 42.6 Å². The van der Waals surface area contributed by atoms with Gasteiger partial charge in [-0.05, 0) is 73.9 Å². The third kappa shape index (κ3) is 8.65. The number of ketones is 1. The summed E-state index contributed by atoms with van der Waals surface area (Å²) in [6.07, 6.45) is 14.6. The summed E-state index contributed by atoms with van der Waals surface area (Å²) in [4.78, 5) is 25.6. The molecule has 2 bridgehead atoms. The summed E-state index contributed by atoms with van der Waals surface area (Å²) in [5.41, 5.74) is 2.21. The van der Waals surface area contributed by atoms with Crippen molar-refractivity contribution in [2.75, 3.05) is 19.7 Å². The van der Waals surface area contributed by atoms with Gasteiger partial charge in [-0.3, -0.25) is 9.59 Å². The highest BCUT2D eigenvalue weighted by Crippen LogP contribution is 2.45. The van der Waals surface area contributed by atoms with Crippen LogP contribution in [0.2, 0.25) is 0 Å². The number of benzene rings is 2. The van der Waals surface area contributed by atoms with Crippen molar-refractivity contribution in [1.82, 2.24) is 16.0 Å². The molecule has 1 fully saturated rings. The largest absolute Gasteiger partial charge is 0.493 e. The predicted molar refractivity (Wildman–Crippen MR) is 156 cm³/mol. The highest BCUT2D eigenvalue weighted by atomic mass is 19.1. The van der Waals surface area contributed by atoms with Gasteiger partial charge in [0.1, 0.15) is 11.6 Å². The highest BCUT2D eigenvalue weighted by Gasteiger charge is 2.44. The maximum absolute atomic E-state index is 14.5. The molecule has 3 atom stereocenters. The number of carbonyl (C=O) groups is 2. The Balaban J connectivity index is 1.52. The summed E-state index contributed by atoms with van der Waals surface area (Å²) in [6.45, 7) is 0.498. The van der Waals surface area contributed by atoms with E-state index in [-0.39, 0.29) is 49.6 Å². The lowest BCUT2D eigenvalue weighted by atomic mass is 9.98. The van der Waals surface area contributed by atoms with Crippen LogP contribution in [0.15, 0.2) is 42.5 Å². The number of Topliss-reactive ketones (excluding diaryl/α,β-unsaturated/α-hetero) is 1. The van der Waals surface area contributed by atoms with Gasteiger partial charge < -0.3 is 25.8 Å². The number of amides is 1. The zero-order chi connectivity index (χ0) is 29.2. The molecule has 1 saturated carbocycles. The average Bonchev–Trinajstić information content (AvgIpc) is 3.76. The first-order valence-corrected chi connectivity index (χ1v) is 14.2. The molecule has 2 aromatic carbocycles. The van der Waals surface area contributed by atoms with Crippen LogP contribution in [0.25, 0.3) is 0 Å². The molecule has 1 aliphatic carbocycles. The summed E-state index contributed by atoms with van der Waals surface area (Å²) in [7, 11) is 0. The number of terminal acetylenes is 2. The van der Waals surface area contributed by atoms with E-state index in [9.17, 15) is 19.1 Å². The van der Waals surface area contributed by atoms with E-state index in [1.165, 1.54) is 12.1 Å². The minimum absolute atomic E-state index is 0.0708. The van der Waals surface area contributed by atoms with Gasteiger partial charge >= 0.3 is 0 Å². The van der Waals surface area contributed by atoms with Gasteiger partial charge in [0.15, 0.2) is 5.78 Å². The number of rotatable bonds is 6.